The van der Waals surface area contributed by atoms with Crippen molar-refractivity contribution >= 4 is 17.2 Å². The quantitative estimate of drug-likeness (QED) is 0.915. The lowest BCUT2D eigenvalue weighted by Crippen LogP contribution is -2.36. The highest BCUT2D eigenvalue weighted by Gasteiger charge is 2.25. The van der Waals surface area contributed by atoms with E-state index in [2.05, 4.69) is 10.3 Å². The molecule has 1 atom stereocenters. The third kappa shape index (κ3) is 3.76. The van der Waals surface area contributed by atoms with E-state index in [1.54, 1.807) is 28.6 Å². The Morgan fingerprint density at radius 3 is 2.96 bits per heavy atom. The number of rotatable bonds is 5. The van der Waals surface area contributed by atoms with Gasteiger partial charge in [-0.3, -0.25) is 4.79 Å². The molecule has 0 bridgehead atoms. The number of aryl methyl sites for hydroxylation is 1. The zero-order valence-corrected chi connectivity index (χ0v) is 13.9. The molecule has 0 spiro atoms. The number of halogens is 1. The maximum atomic E-state index is 14.0. The Balaban J connectivity index is 1.83. The van der Waals surface area contributed by atoms with E-state index < -0.39 is 5.82 Å². The standard InChI is InChI=1S/C17H20FN3OS/c1-12-16(23-11-20-12)10-21(9-13-6-7-19-8-13)17(22)14-4-2-3-5-15(14)18/h2-5,11,13,19H,6-10H2,1H3/t13-/m1/s1. The van der Waals surface area contributed by atoms with Gasteiger partial charge >= 0.3 is 0 Å². The molecule has 6 heteroatoms. The number of aromatic nitrogens is 1. The summed E-state index contributed by atoms with van der Waals surface area (Å²) in [4.78, 5) is 19.9. The van der Waals surface area contributed by atoms with E-state index in [0.29, 0.717) is 19.0 Å². The Bertz CT molecular complexity index is 682. The van der Waals surface area contributed by atoms with Gasteiger partial charge in [0.05, 0.1) is 23.3 Å². The Labute approximate surface area is 139 Å². The number of carbonyl (C=O) groups is 1. The molecule has 1 saturated heterocycles. The van der Waals surface area contributed by atoms with Crippen molar-refractivity contribution in [1.82, 2.24) is 15.2 Å². The molecule has 0 unspecified atom stereocenters. The van der Waals surface area contributed by atoms with Gasteiger partial charge < -0.3 is 10.2 Å². The summed E-state index contributed by atoms with van der Waals surface area (Å²) in [7, 11) is 0. The van der Waals surface area contributed by atoms with Crippen LogP contribution in [0.5, 0.6) is 0 Å². The second kappa shape index (κ2) is 7.19. The van der Waals surface area contributed by atoms with Gasteiger partial charge in [-0.2, -0.15) is 0 Å². The first-order valence-electron chi connectivity index (χ1n) is 7.78. The average Bonchev–Trinajstić information content (AvgIpc) is 3.19. The normalized spacial score (nSPS) is 17.4. The number of hydrogen-bond acceptors (Lipinski definition) is 4. The molecule has 1 aromatic heterocycles. The van der Waals surface area contributed by atoms with E-state index in [9.17, 15) is 9.18 Å². The highest BCUT2D eigenvalue weighted by atomic mass is 32.1. The first kappa shape index (κ1) is 16.1. The number of amides is 1. The Morgan fingerprint density at radius 1 is 1.48 bits per heavy atom. The summed E-state index contributed by atoms with van der Waals surface area (Å²) in [6.07, 6.45) is 1.04. The molecule has 0 radical (unpaired) electrons. The van der Waals surface area contributed by atoms with E-state index in [-0.39, 0.29) is 11.5 Å². The Kier molecular flexibility index (Phi) is 5.03. The molecule has 3 rings (SSSR count). The van der Waals surface area contributed by atoms with Gasteiger partial charge in [0, 0.05) is 11.4 Å². The lowest BCUT2D eigenvalue weighted by molar-refractivity contribution is 0.0715. The van der Waals surface area contributed by atoms with Crippen LogP contribution in [-0.4, -0.2) is 35.4 Å². The molecule has 1 aromatic carbocycles. The lowest BCUT2D eigenvalue weighted by Gasteiger charge is -2.25. The van der Waals surface area contributed by atoms with Gasteiger partial charge in [0.2, 0.25) is 0 Å². The predicted molar refractivity (Wildman–Crippen MR) is 89.0 cm³/mol. The molecule has 0 aliphatic carbocycles. The van der Waals surface area contributed by atoms with Crippen molar-refractivity contribution in [2.75, 3.05) is 19.6 Å². The molecule has 4 nitrogen and oxygen atoms in total. The van der Waals surface area contributed by atoms with Gasteiger partial charge in [-0.05, 0) is 44.5 Å². The van der Waals surface area contributed by atoms with E-state index in [4.69, 9.17) is 0 Å². The van der Waals surface area contributed by atoms with Crippen LogP contribution >= 0.6 is 11.3 Å². The van der Waals surface area contributed by atoms with Crippen LogP contribution in [0.4, 0.5) is 4.39 Å². The van der Waals surface area contributed by atoms with Crippen molar-refractivity contribution in [3.8, 4) is 0 Å². The maximum absolute atomic E-state index is 14.0. The number of nitrogens with one attached hydrogen (secondary N) is 1. The Morgan fingerprint density at radius 2 is 2.30 bits per heavy atom. The molecule has 1 fully saturated rings. The number of nitrogens with zero attached hydrogens (tertiary/aromatic N) is 2. The molecule has 1 aliphatic rings. The molecule has 2 aromatic rings. The average molecular weight is 333 g/mol. The van der Waals surface area contributed by atoms with Crippen LogP contribution in [0.3, 0.4) is 0 Å². The summed E-state index contributed by atoms with van der Waals surface area (Å²) < 4.78 is 14.0. The van der Waals surface area contributed by atoms with Gasteiger partial charge in [-0.15, -0.1) is 11.3 Å². The van der Waals surface area contributed by atoms with Crippen molar-refractivity contribution in [3.05, 3.63) is 51.7 Å². The van der Waals surface area contributed by atoms with E-state index in [1.165, 1.54) is 17.4 Å². The molecule has 1 N–H and O–H groups in total. The van der Waals surface area contributed by atoms with Crippen LogP contribution in [0, 0.1) is 18.7 Å². The first-order chi connectivity index (χ1) is 11.1. The van der Waals surface area contributed by atoms with Gasteiger partial charge in [0.25, 0.3) is 5.91 Å². The topological polar surface area (TPSA) is 45.2 Å². The van der Waals surface area contributed by atoms with Gasteiger partial charge in [-0.1, -0.05) is 12.1 Å². The van der Waals surface area contributed by atoms with Crippen molar-refractivity contribution in [3.63, 3.8) is 0 Å². The van der Waals surface area contributed by atoms with Crippen LogP contribution < -0.4 is 5.32 Å². The van der Waals surface area contributed by atoms with Crippen LogP contribution in [0.25, 0.3) is 0 Å². The van der Waals surface area contributed by atoms with Gasteiger partial charge in [0.1, 0.15) is 5.82 Å². The smallest absolute Gasteiger partial charge is 0.257 e. The highest BCUT2D eigenvalue weighted by molar-refractivity contribution is 7.09. The SMILES string of the molecule is Cc1ncsc1CN(C[C@@H]1CCNC1)C(=O)c1ccccc1F. The molecular formula is C17H20FN3OS. The lowest BCUT2D eigenvalue weighted by atomic mass is 10.1. The van der Waals surface area contributed by atoms with E-state index in [0.717, 1.165) is 30.1 Å². The predicted octanol–water partition coefficient (Wildman–Crippen LogP) is 2.84. The summed E-state index contributed by atoms with van der Waals surface area (Å²) in [6.45, 7) is 4.95. The van der Waals surface area contributed by atoms with E-state index >= 15 is 0 Å². The fourth-order valence-corrected chi connectivity index (χ4v) is 3.65. The summed E-state index contributed by atoms with van der Waals surface area (Å²) in [5.74, 6) is -0.296. The van der Waals surface area contributed by atoms with Crippen LogP contribution in [0.1, 0.15) is 27.3 Å². The molecule has 2 heterocycles. The molecule has 1 aliphatic heterocycles. The fraction of sp³-hybridized carbons (Fsp3) is 0.412. The minimum atomic E-state index is -0.465. The molecule has 0 saturated carbocycles. The summed E-state index contributed by atoms with van der Waals surface area (Å²) in [6, 6.07) is 6.19. The largest absolute Gasteiger partial charge is 0.333 e. The number of hydrogen-bond donors (Lipinski definition) is 1. The van der Waals surface area contributed by atoms with Gasteiger partial charge in [-0.25, -0.2) is 9.37 Å². The van der Waals surface area contributed by atoms with Crippen molar-refractivity contribution in [2.45, 2.75) is 19.9 Å². The monoisotopic (exact) mass is 333 g/mol. The molecule has 122 valence electrons. The van der Waals surface area contributed by atoms with Crippen LogP contribution in [0.15, 0.2) is 29.8 Å². The molecule has 23 heavy (non-hydrogen) atoms. The summed E-state index contributed by atoms with van der Waals surface area (Å²) >= 11 is 1.54. The number of thiazole rings is 1. The third-order valence-corrected chi connectivity index (χ3v) is 5.13. The maximum Gasteiger partial charge on any atom is 0.257 e. The Hall–Kier alpha value is -1.79. The van der Waals surface area contributed by atoms with Crippen LogP contribution in [-0.2, 0) is 6.54 Å². The third-order valence-electron chi connectivity index (χ3n) is 4.21. The number of benzene rings is 1. The van der Waals surface area contributed by atoms with E-state index in [1.807, 2.05) is 6.92 Å². The summed E-state index contributed by atoms with van der Waals surface area (Å²) in [5.41, 5.74) is 2.86. The summed E-state index contributed by atoms with van der Waals surface area (Å²) in [5, 5.41) is 3.32. The van der Waals surface area contributed by atoms with Crippen LogP contribution in [0.2, 0.25) is 0 Å². The highest BCUT2D eigenvalue weighted by Crippen LogP contribution is 2.20. The first-order valence-corrected chi connectivity index (χ1v) is 8.66. The fourth-order valence-electron chi connectivity index (χ4n) is 2.86. The molecule has 1 amide bonds. The van der Waals surface area contributed by atoms with Crippen molar-refractivity contribution in [1.29, 1.82) is 0 Å². The second-order valence-electron chi connectivity index (χ2n) is 5.89. The minimum absolute atomic E-state index is 0.139. The zero-order chi connectivity index (χ0) is 16.2. The minimum Gasteiger partial charge on any atom is -0.333 e. The zero-order valence-electron chi connectivity index (χ0n) is 13.1. The van der Waals surface area contributed by atoms with Gasteiger partial charge in [0.15, 0.2) is 0 Å². The molecular weight excluding hydrogens is 313 g/mol. The number of carbonyl (C=O) groups excluding carboxylic acids is 1. The second-order valence-corrected chi connectivity index (χ2v) is 6.82. The van der Waals surface area contributed by atoms with Crippen molar-refractivity contribution < 1.29 is 9.18 Å². The van der Waals surface area contributed by atoms with Crippen molar-refractivity contribution in [2.24, 2.45) is 5.92 Å².